The van der Waals surface area contributed by atoms with E-state index in [4.69, 9.17) is 15.7 Å². The van der Waals surface area contributed by atoms with Crippen LogP contribution in [-0.2, 0) is 5.41 Å². The number of nitrogens with two attached hydrogens (primary N) is 1. The number of nitrogens with one attached hydrogen (secondary N) is 4. The van der Waals surface area contributed by atoms with Crippen LogP contribution in [0.25, 0.3) is 0 Å². The Labute approximate surface area is 222 Å². The third-order valence-electron chi connectivity index (χ3n) is 6.81. The van der Waals surface area contributed by atoms with Crippen molar-refractivity contribution in [1.82, 2.24) is 20.4 Å². The monoisotopic (exact) mass is 510 g/mol. The van der Waals surface area contributed by atoms with Crippen molar-refractivity contribution in [2.45, 2.75) is 44.9 Å². The van der Waals surface area contributed by atoms with Gasteiger partial charge in [0.1, 0.15) is 23.7 Å². The zero-order valence-corrected chi connectivity index (χ0v) is 22.0. The maximum Gasteiger partial charge on any atom is 0.174 e. The van der Waals surface area contributed by atoms with Crippen LogP contribution in [-0.4, -0.2) is 33.9 Å². The second kappa shape index (κ2) is 10.6. The van der Waals surface area contributed by atoms with Gasteiger partial charge in [0.2, 0.25) is 0 Å². The highest BCUT2D eigenvalue weighted by Crippen LogP contribution is 2.29. The number of piperidine rings is 1. The predicted molar refractivity (Wildman–Crippen MR) is 152 cm³/mol. The van der Waals surface area contributed by atoms with Gasteiger partial charge in [-0.3, -0.25) is 5.41 Å². The third kappa shape index (κ3) is 5.68. The van der Waals surface area contributed by atoms with E-state index in [-0.39, 0.29) is 16.9 Å². The lowest BCUT2D eigenvalue weighted by atomic mass is 9.89. The van der Waals surface area contributed by atoms with Gasteiger partial charge in [-0.05, 0) is 61.7 Å². The minimum absolute atomic E-state index is 0.110. The van der Waals surface area contributed by atoms with Gasteiger partial charge in [-0.25, -0.2) is 9.97 Å². The maximum atomic E-state index is 8.90. The van der Waals surface area contributed by atoms with Crippen molar-refractivity contribution in [3.05, 3.63) is 83.4 Å². The SMILES string of the molecule is CC(C)(C)c1cc(Nc2ccc(Nc3ncnc(N)c3C(=N)c3ccc(C4CCNCC4)cc3)cc2)no1. The number of anilines is 5. The molecule has 1 saturated heterocycles. The molecule has 6 N–H and O–H groups in total. The Balaban J connectivity index is 1.30. The molecule has 1 aliphatic rings. The molecule has 9 nitrogen and oxygen atoms in total. The molecule has 3 heterocycles. The Kier molecular flexibility index (Phi) is 7.11. The molecule has 0 saturated carbocycles. The van der Waals surface area contributed by atoms with Crippen LogP contribution in [0.1, 0.15) is 62.0 Å². The van der Waals surface area contributed by atoms with Gasteiger partial charge in [0.25, 0.3) is 0 Å². The van der Waals surface area contributed by atoms with Crippen LogP contribution >= 0.6 is 0 Å². The summed E-state index contributed by atoms with van der Waals surface area (Å²) in [5.74, 6) is 2.77. The second-order valence-electron chi connectivity index (χ2n) is 10.7. The summed E-state index contributed by atoms with van der Waals surface area (Å²) in [7, 11) is 0. The highest BCUT2D eigenvalue weighted by Gasteiger charge is 2.20. The fourth-order valence-corrected chi connectivity index (χ4v) is 4.57. The second-order valence-corrected chi connectivity index (χ2v) is 10.7. The minimum Gasteiger partial charge on any atom is -0.383 e. The molecule has 196 valence electrons. The van der Waals surface area contributed by atoms with E-state index in [9.17, 15) is 0 Å². The molecule has 1 fully saturated rings. The molecule has 0 atom stereocenters. The van der Waals surface area contributed by atoms with Crippen LogP contribution in [0.2, 0.25) is 0 Å². The predicted octanol–water partition coefficient (Wildman–Crippen LogP) is 5.71. The fraction of sp³-hybridized carbons (Fsp3) is 0.310. The van der Waals surface area contributed by atoms with Crippen LogP contribution < -0.4 is 21.7 Å². The number of nitrogen functional groups attached to an aromatic ring is 1. The average molecular weight is 511 g/mol. The Morgan fingerprint density at radius 2 is 1.63 bits per heavy atom. The Morgan fingerprint density at radius 1 is 0.974 bits per heavy atom. The number of rotatable bonds is 7. The van der Waals surface area contributed by atoms with Gasteiger partial charge in [0, 0.05) is 28.4 Å². The lowest BCUT2D eigenvalue weighted by Gasteiger charge is -2.23. The van der Waals surface area contributed by atoms with Crippen molar-refractivity contribution in [2.75, 3.05) is 29.5 Å². The van der Waals surface area contributed by atoms with Crippen molar-refractivity contribution in [1.29, 1.82) is 5.41 Å². The standard InChI is InChI=1S/C29H34N8O/c1-29(2,3)23-16-24(37-38-23)35-21-8-10-22(11-9-21)36-28-25(27(31)33-17-34-28)26(30)20-6-4-18(5-7-20)19-12-14-32-15-13-19/h4-11,16-17,19,30,32H,12-15H2,1-3H3,(H,35,37)(H3,31,33,34,36). The number of hydrogen-bond donors (Lipinski definition) is 5. The molecule has 5 rings (SSSR count). The molecule has 0 spiro atoms. The van der Waals surface area contributed by atoms with Gasteiger partial charge in [-0.15, -0.1) is 0 Å². The topological polar surface area (TPSA) is 138 Å². The van der Waals surface area contributed by atoms with Crippen LogP contribution in [0.15, 0.2) is 65.4 Å². The summed E-state index contributed by atoms with van der Waals surface area (Å²) in [5.41, 5.74) is 10.6. The van der Waals surface area contributed by atoms with E-state index in [2.05, 4.69) is 64.0 Å². The van der Waals surface area contributed by atoms with E-state index in [1.165, 1.54) is 11.9 Å². The molecule has 0 unspecified atom stereocenters. The highest BCUT2D eigenvalue weighted by atomic mass is 16.5. The minimum atomic E-state index is -0.110. The van der Waals surface area contributed by atoms with Crippen LogP contribution in [0, 0.1) is 5.41 Å². The van der Waals surface area contributed by atoms with Gasteiger partial charge in [-0.1, -0.05) is 50.2 Å². The first-order valence-corrected chi connectivity index (χ1v) is 12.9. The summed E-state index contributed by atoms with van der Waals surface area (Å²) in [5, 5.41) is 23.0. The first kappa shape index (κ1) is 25.4. The molecular weight excluding hydrogens is 476 g/mol. The quantitative estimate of drug-likeness (QED) is 0.199. The first-order chi connectivity index (χ1) is 18.3. The van der Waals surface area contributed by atoms with E-state index in [0.29, 0.717) is 23.1 Å². The van der Waals surface area contributed by atoms with E-state index >= 15 is 0 Å². The van der Waals surface area contributed by atoms with Crippen LogP contribution in [0.5, 0.6) is 0 Å². The summed E-state index contributed by atoms with van der Waals surface area (Å²) >= 11 is 0. The normalized spacial score (nSPS) is 14.3. The highest BCUT2D eigenvalue weighted by molar-refractivity contribution is 6.16. The van der Waals surface area contributed by atoms with Gasteiger partial charge in [0.05, 0.1) is 11.3 Å². The van der Waals surface area contributed by atoms with Crippen molar-refractivity contribution in [3.63, 3.8) is 0 Å². The van der Waals surface area contributed by atoms with E-state index in [1.54, 1.807) is 0 Å². The smallest absolute Gasteiger partial charge is 0.174 e. The average Bonchev–Trinajstić information content (AvgIpc) is 3.40. The van der Waals surface area contributed by atoms with Crippen molar-refractivity contribution >= 4 is 34.5 Å². The third-order valence-corrected chi connectivity index (χ3v) is 6.81. The summed E-state index contributed by atoms with van der Waals surface area (Å²) < 4.78 is 5.45. The fourth-order valence-electron chi connectivity index (χ4n) is 4.57. The molecule has 0 radical (unpaired) electrons. The van der Waals surface area contributed by atoms with E-state index < -0.39 is 0 Å². The molecule has 9 heteroatoms. The van der Waals surface area contributed by atoms with Gasteiger partial charge < -0.3 is 26.2 Å². The van der Waals surface area contributed by atoms with Gasteiger partial charge >= 0.3 is 0 Å². The lowest BCUT2D eigenvalue weighted by molar-refractivity contribution is 0.331. The number of nitrogens with zero attached hydrogens (tertiary/aromatic N) is 3. The number of hydrogen-bond acceptors (Lipinski definition) is 9. The molecule has 38 heavy (non-hydrogen) atoms. The van der Waals surface area contributed by atoms with Crippen LogP contribution in [0.3, 0.4) is 0 Å². The molecule has 1 aliphatic heterocycles. The van der Waals surface area contributed by atoms with Crippen molar-refractivity contribution in [2.24, 2.45) is 0 Å². The maximum absolute atomic E-state index is 8.90. The summed E-state index contributed by atoms with van der Waals surface area (Å²) in [6.45, 7) is 8.33. The molecule has 2 aromatic heterocycles. The number of benzene rings is 2. The largest absolute Gasteiger partial charge is 0.383 e. The lowest BCUT2D eigenvalue weighted by Crippen LogP contribution is -2.26. The van der Waals surface area contributed by atoms with Crippen molar-refractivity contribution < 1.29 is 4.52 Å². The molecule has 0 amide bonds. The molecule has 0 bridgehead atoms. The number of aromatic nitrogens is 3. The zero-order chi connectivity index (χ0) is 26.7. The van der Waals surface area contributed by atoms with Crippen LogP contribution in [0.4, 0.5) is 28.8 Å². The molecule has 2 aromatic carbocycles. The van der Waals surface area contributed by atoms with E-state index in [1.807, 2.05) is 42.5 Å². The molecule has 0 aliphatic carbocycles. The Morgan fingerprint density at radius 3 is 2.26 bits per heavy atom. The van der Waals surface area contributed by atoms with Crippen molar-refractivity contribution in [3.8, 4) is 0 Å². The first-order valence-electron chi connectivity index (χ1n) is 12.9. The summed E-state index contributed by atoms with van der Waals surface area (Å²) in [6.07, 6.45) is 3.67. The molecular formula is C29H34N8O. The summed E-state index contributed by atoms with van der Waals surface area (Å²) in [6, 6.07) is 17.9. The van der Waals surface area contributed by atoms with Gasteiger partial charge in [0.15, 0.2) is 5.82 Å². The summed E-state index contributed by atoms with van der Waals surface area (Å²) in [4.78, 5) is 8.55. The Hall–Kier alpha value is -4.24. The van der Waals surface area contributed by atoms with Gasteiger partial charge in [-0.2, -0.15) is 0 Å². The Bertz CT molecular complexity index is 1400. The molecule has 4 aromatic rings. The zero-order valence-electron chi connectivity index (χ0n) is 22.0. The van der Waals surface area contributed by atoms with E-state index in [0.717, 1.165) is 48.6 Å².